The van der Waals surface area contributed by atoms with Crippen LogP contribution in [-0.4, -0.2) is 21.4 Å². The molecule has 5 rings (SSSR count). The van der Waals surface area contributed by atoms with Crippen molar-refractivity contribution in [3.8, 4) is 17.1 Å². The number of carbonyl (C=O) groups excluding carboxylic acids is 2. The lowest BCUT2D eigenvalue weighted by molar-refractivity contribution is 0.0880. The zero-order valence-corrected chi connectivity index (χ0v) is 14.6. The Hall–Kier alpha value is -4.27. The molecule has 1 aliphatic heterocycles. The van der Waals surface area contributed by atoms with Crippen molar-refractivity contribution in [1.29, 1.82) is 0 Å². The molecule has 2 aromatic heterocycles. The normalized spacial score (nSPS) is 13.0. The molecule has 3 heterocycles. The van der Waals surface area contributed by atoms with E-state index in [1.54, 1.807) is 30.3 Å². The summed E-state index contributed by atoms with van der Waals surface area (Å²) in [7, 11) is 0. The summed E-state index contributed by atoms with van der Waals surface area (Å²) in [6, 6.07) is 11.5. The number of hydrogen-bond acceptors (Lipinski definition) is 6. The minimum absolute atomic E-state index is 0.0400. The molecule has 0 bridgehead atoms. The van der Waals surface area contributed by atoms with Crippen molar-refractivity contribution in [2.45, 2.75) is 0 Å². The highest BCUT2D eigenvalue weighted by molar-refractivity contribution is 6.23. The van der Waals surface area contributed by atoms with Gasteiger partial charge in [0.15, 0.2) is 5.58 Å². The third-order valence-corrected chi connectivity index (χ3v) is 4.67. The Morgan fingerprint density at radius 1 is 1.00 bits per heavy atom. The van der Waals surface area contributed by atoms with E-state index in [0.29, 0.717) is 22.4 Å². The van der Waals surface area contributed by atoms with Gasteiger partial charge in [0.05, 0.1) is 16.8 Å². The summed E-state index contributed by atoms with van der Waals surface area (Å²) in [5, 5.41) is 2.12. The molecule has 29 heavy (non-hydrogen) atoms. The third kappa shape index (κ3) is 2.52. The number of amides is 2. The van der Waals surface area contributed by atoms with E-state index in [1.807, 2.05) is 0 Å². The van der Waals surface area contributed by atoms with Gasteiger partial charge >= 0.3 is 0 Å². The molecule has 0 saturated heterocycles. The van der Waals surface area contributed by atoms with Gasteiger partial charge in [-0.15, -0.1) is 0 Å². The fourth-order valence-corrected chi connectivity index (χ4v) is 3.32. The average molecular weight is 390 g/mol. The van der Waals surface area contributed by atoms with E-state index in [0.717, 1.165) is 10.6 Å². The number of imide groups is 1. The van der Waals surface area contributed by atoms with Crippen molar-refractivity contribution in [2.24, 2.45) is 0 Å². The molecule has 0 aliphatic carbocycles. The summed E-state index contributed by atoms with van der Waals surface area (Å²) < 4.78 is 19.9. The van der Waals surface area contributed by atoms with Crippen LogP contribution >= 0.6 is 0 Å². The number of nitrogens with zero attached hydrogens (tertiary/aromatic N) is 2. The van der Waals surface area contributed by atoms with E-state index in [-0.39, 0.29) is 28.7 Å². The van der Waals surface area contributed by atoms with Crippen LogP contribution < -0.4 is 16.6 Å². The molecule has 2 amide bonds. The second-order valence-electron chi connectivity index (χ2n) is 6.45. The molecule has 0 unspecified atom stereocenters. The smallest absolute Gasteiger partial charge is 0.262 e. The van der Waals surface area contributed by atoms with Crippen molar-refractivity contribution in [3.05, 3.63) is 75.8 Å². The molecule has 0 spiro atoms. The van der Waals surface area contributed by atoms with E-state index in [4.69, 9.17) is 10.2 Å². The van der Waals surface area contributed by atoms with Crippen molar-refractivity contribution >= 4 is 28.7 Å². The average Bonchev–Trinajstić information content (AvgIpc) is 3.23. The summed E-state index contributed by atoms with van der Waals surface area (Å²) in [5.74, 6) is -1.54. The lowest BCUT2D eigenvalue weighted by Gasteiger charge is -2.11. The van der Waals surface area contributed by atoms with E-state index in [9.17, 15) is 18.8 Å². The predicted octanol–water partition coefficient (Wildman–Crippen LogP) is 2.25. The first-order valence-electron chi connectivity index (χ1n) is 8.50. The highest BCUT2D eigenvalue weighted by Crippen LogP contribution is 2.28. The predicted molar refractivity (Wildman–Crippen MR) is 101 cm³/mol. The fourth-order valence-electron chi connectivity index (χ4n) is 3.32. The van der Waals surface area contributed by atoms with Crippen molar-refractivity contribution < 1.29 is 18.4 Å². The Balaban J connectivity index is 1.66. The van der Waals surface area contributed by atoms with Gasteiger partial charge in [-0.05, 0) is 42.5 Å². The molecule has 0 fully saturated rings. The number of anilines is 1. The number of benzene rings is 2. The first-order chi connectivity index (χ1) is 13.9. The summed E-state index contributed by atoms with van der Waals surface area (Å²) in [5.41, 5.74) is 7.23. The number of nitrogen functional groups attached to an aromatic ring is 1. The number of pyridine rings is 1. The van der Waals surface area contributed by atoms with Crippen LogP contribution in [0.15, 0.2) is 57.7 Å². The highest BCUT2D eigenvalue weighted by atomic mass is 19.1. The van der Waals surface area contributed by atoms with Gasteiger partial charge in [-0.3, -0.25) is 24.3 Å². The summed E-state index contributed by atoms with van der Waals surface area (Å²) >= 11 is 0. The second kappa shape index (κ2) is 5.86. The van der Waals surface area contributed by atoms with Gasteiger partial charge in [-0.1, -0.05) is 0 Å². The van der Waals surface area contributed by atoms with Crippen LogP contribution in [0.3, 0.4) is 0 Å². The Morgan fingerprint density at radius 2 is 1.76 bits per heavy atom. The molecular formula is C20H11FN4O4. The number of rotatable bonds is 2. The molecule has 0 atom stereocenters. The van der Waals surface area contributed by atoms with Gasteiger partial charge in [0.25, 0.3) is 17.4 Å². The quantitative estimate of drug-likeness (QED) is 0.507. The fraction of sp³-hybridized carbons (Fsp3) is 0. The van der Waals surface area contributed by atoms with Crippen molar-refractivity contribution in [3.63, 3.8) is 0 Å². The number of nitrogens with one attached hydrogen (secondary N) is 1. The van der Waals surface area contributed by atoms with Crippen LogP contribution in [0.25, 0.3) is 28.2 Å². The summed E-state index contributed by atoms with van der Waals surface area (Å²) in [6.07, 6.45) is 0. The molecule has 142 valence electrons. The molecular weight excluding hydrogens is 379 g/mol. The molecule has 4 aromatic rings. The maximum absolute atomic E-state index is 13.1. The van der Waals surface area contributed by atoms with E-state index in [1.165, 1.54) is 12.1 Å². The van der Waals surface area contributed by atoms with Gasteiger partial charge in [0.2, 0.25) is 5.89 Å². The van der Waals surface area contributed by atoms with Gasteiger partial charge < -0.3 is 10.2 Å². The number of hydrogen-bond donors (Lipinski definition) is 2. The monoisotopic (exact) mass is 390 g/mol. The second-order valence-corrected chi connectivity index (χ2v) is 6.45. The van der Waals surface area contributed by atoms with Crippen molar-refractivity contribution in [2.75, 3.05) is 5.73 Å². The van der Waals surface area contributed by atoms with Crippen LogP contribution in [0, 0.1) is 5.82 Å². The van der Waals surface area contributed by atoms with Gasteiger partial charge in [0.1, 0.15) is 17.2 Å². The zero-order valence-electron chi connectivity index (χ0n) is 14.6. The minimum atomic E-state index is -0.656. The molecule has 3 N–H and O–H groups in total. The Bertz CT molecular complexity index is 1400. The van der Waals surface area contributed by atoms with Gasteiger partial charge in [-0.2, -0.15) is 0 Å². The Morgan fingerprint density at radius 3 is 2.52 bits per heavy atom. The number of oxazole rings is 1. The number of fused-ring (bicyclic) bond motifs is 2. The standard InChI is InChI=1S/C20H11FN4O4/c21-10-3-1-9(2-4-10)20-23-13-7-11(5-6-14(13)29-20)25-15(26)8-12-16(17(25)22)19(28)24-18(12)27/h1-8H,22H2,(H,24,27,28). The molecule has 2 aromatic carbocycles. The minimum Gasteiger partial charge on any atom is -0.436 e. The first kappa shape index (κ1) is 16.9. The lowest BCUT2D eigenvalue weighted by Crippen LogP contribution is -2.24. The maximum Gasteiger partial charge on any atom is 0.262 e. The summed E-state index contributed by atoms with van der Waals surface area (Å²) in [4.78, 5) is 40.7. The molecule has 1 aliphatic rings. The van der Waals surface area contributed by atoms with E-state index >= 15 is 0 Å². The number of aromatic nitrogens is 2. The SMILES string of the molecule is Nc1c2c(cc(=O)n1-c1ccc3oc(-c4ccc(F)cc4)nc3c1)C(=O)NC2=O. The number of nitrogens with two attached hydrogens (primary N) is 1. The summed E-state index contributed by atoms with van der Waals surface area (Å²) in [6.45, 7) is 0. The molecule has 9 heteroatoms. The Labute approximate surface area is 161 Å². The van der Waals surface area contributed by atoms with Crippen LogP contribution in [0.2, 0.25) is 0 Å². The van der Waals surface area contributed by atoms with E-state index < -0.39 is 17.4 Å². The van der Waals surface area contributed by atoms with Gasteiger partial charge in [0, 0.05) is 11.6 Å². The van der Waals surface area contributed by atoms with E-state index in [2.05, 4.69) is 10.3 Å². The third-order valence-electron chi connectivity index (χ3n) is 4.67. The topological polar surface area (TPSA) is 120 Å². The molecule has 0 saturated carbocycles. The zero-order chi connectivity index (χ0) is 20.3. The number of carbonyl (C=O) groups is 2. The lowest BCUT2D eigenvalue weighted by atomic mass is 10.1. The largest absolute Gasteiger partial charge is 0.436 e. The number of halogens is 1. The van der Waals surface area contributed by atoms with Crippen molar-refractivity contribution in [1.82, 2.24) is 14.9 Å². The van der Waals surface area contributed by atoms with Crippen LogP contribution in [0.5, 0.6) is 0 Å². The van der Waals surface area contributed by atoms with Crippen LogP contribution in [-0.2, 0) is 0 Å². The first-order valence-corrected chi connectivity index (χ1v) is 8.50. The highest BCUT2D eigenvalue weighted by Gasteiger charge is 2.31. The molecule has 0 radical (unpaired) electrons. The van der Waals surface area contributed by atoms with Gasteiger partial charge in [-0.25, -0.2) is 9.37 Å². The Kier molecular flexibility index (Phi) is 3.41. The van der Waals surface area contributed by atoms with Crippen LogP contribution in [0.4, 0.5) is 10.2 Å². The maximum atomic E-state index is 13.1. The van der Waals surface area contributed by atoms with Crippen LogP contribution in [0.1, 0.15) is 20.7 Å². The molecule has 8 nitrogen and oxygen atoms in total.